The molecule has 0 saturated heterocycles. The van der Waals surface area contributed by atoms with Crippen LogP contribution in [0.5, 0.6) is 5.75 Å². The van der Waals surface area contributed by atoms with Crippen LogP contribution in [0.1, 0.15) is 17.5 Å². The zero-order valence-electron chi connectivity index (χ0n) is 19.1. The van der Waals surface area contributed by atoms with Crippen molar-refractivity contribution in [3.8, 4) is 5.75 Å². The van der Waals surface area contributed by atoms with Crippen molar-refractivity contribution in [2.24, 2.45) is 0 Å². The van der Waals surface area contributed by atoms with Crippen LogP contribution in [0.25, 0.3) is 5.57 Å². The summed E-state index contributed by atoms with van der Waals surface area (Å²) in [5.74, 6) is 0.324. The number of aromatic nitrogens is 2. The number of fused-ring (bicyclic) bond motifs is 1. The fourth-order valence-corrected chi connectivity index (χ4v) is 5.91. The van der Waals surface area contributed by atoms with Gasteiger partial charge < -0.3 is 14.5 Å². The summed E-state index contributed by atoms with van der Waals surface area (Å²) >= 11 is 0.910. The van der Waals surface area contributed by atoms with E-state index in [0.29, 0.717) is 42.2 Å². The van der Waals surface area contributed by atoms with Crippen molar-refractivity contribution in [3.05, 3.63) is 59.9 Å². The average molecular weight is 538 g/mol. The van der Waals surface area contributed by atoms with E-state index in [0.717, 1.165) is 29.7 Å². The third kappa shape index (κ3) is 4.90. The van der Waals surface area contributed by atoms with E-state index >= 15 is 0 Å². The molecule has 0 amide bonds. The van der Waals surface area contributed by atoms with Crippen LogP contribution < -0.4 is 14.4 Å². The maximum atomic E-state index is 13.6. The van der Waals surface area contributed by atoms with E-state index in [4.69, 9.17) is 4.74 Å². The first-order valence-corrected chi connectivity index (χ1v) is 13.3. The molecule has 2 aliphatic rings. The Morgan fingerprint density at radius 2 is 1.92 bits per heavy atom. The molecule has 0 radical (unpaired) electrons. The van der Waals surface area contributed by atoms with Crippen molar-refractivity contribution in [2.75, 3.05) is 42.9 Å². The Morgan fingerprint density at radius 3 is 2.61 bits per heavy atom. The Labute approximate surface area is 210 Å². The second-order valence-corrected chi connectivity index (χ2v) is 10.9. The number of ether oxygens (including phenoxy) is 1. The van der Waals surface area contributed by atoms with Gasteiger partial charge in [0.15, 0.2) is 0 Å². The second kappa shape index (κ2) is 9.37. The van der Waals surface area contributed by atoms with E-state index in [9.17, 15) is 21.6 Å². The summed E-state index contributed by atoms with van der Waals surface area (Å²) in [4.78, 5) is 7.79. The standard InChI is InChI=1S/C23H22F3N5O3S2/c1-30-8-6-15(7-9-30)18-12-16(23(24,25)26)2-4-19(18)31-10-11-34-21-13-17(3-5-20(21)31)36(32,33)29-22-27-14-28-35-22/h2-6,12-14H,7-11H2,1H3,(H,27,28,29). The highest BCUT2D eigenvalue weighted by Crippen LogP contribution is 2.43. The van der Waals surface area contributed by atoms with Gasteiger partial charge in [-0.15, -0.1) is 0 Å². The van der Waals surface area contributed by atoms with Crippen molar-refractivity contribution < 1.29 is 26.3 Å². The number of anilines is 3. The molecular weight excluding hydrogens is 515 g/mol. The molecule has 13 heteroatoms. The van der Waals surface area contributed by atoms with Crippen molar-refractivity contribution >= 4 is 43.6 Å². The summed E-state index contributed by atoms with van der Waals surface area (Å²) in [6.07, 6.45) is -0.641. The van der Waals surface area contributed by atoms with Gasteiger partial charge in [-0.2, -0.15) is 17.5 Å². The molecule has 0 unspecified atom stereocenters. The van der Waals surface area contributed by atoms with Crippen LogP contribution in [0.4, 0.5) is 29.7 Å². The van der Waals surface area contributed by atoms with Gasteiger partial charge in [-0.25, -0.2) is 13.4 Å². The van der Waals surface area contributed by atoms with Gasteiger partial charge >= 0.3 is 6.18 Å². The molecule has 3 aromatic rings. The Bertz CT molecular complexity index is 1410. The lowest BCUT2D eigenvalue weighted by molar-refractivity contribution is -0.137. The topological polar surface area (TPSA) is 87.7 Å². The predicted octanol–water partition coefficient (Wildman–Crippen LogP) is 4.61. The monoisotopic (exact) mass is 537 g/mol. The number of nitrogens with zero attached hydrogens (tertiary/aromatic N) is 4. The zero-order valence-corrected chi connectivity index (χ0v) is 20.8. The first-order chi connectivity index (χ1) is 17.1. The Morgan fingerprint density at radius 1 is 1.11 bits per heavy atom. The summed E-state index contributed by atoms with van der Waals surface area (Å²) in [5.41, 5.74) is 1.85. The second-order valence-electron chi connectivity index (χ2n) is 8.45. The zero-order chi connectivity index (χ0) is 25.5. The van der Waals surface area contributed by atoms with Gasteiger partial charge in [-0.3, -0.25) is 4.72 Å². The number of hydrogen-bond donors (Lipinski definition) is 1. The first-order valence-electron chi connectivity index (χ1n) is 11.0. The van der Waals surface area contributed by atoms with E-state index in [1.54, 1.807) is 6.07 Å². The van der Waals surface area contributed by atoms with E-state index < -0.39 is 21.8 Å². The minimum absolute atomic E-state index is 0.0241. The molecule has 1 aromatic heterocycles. The average Bonchev–Trinajstić information content (AvgIpc) is 3.35. The van der Waals surface area contributed by atoms with Gasteiger partial charge in [0, 0.05) is 41.9 Å². The third-order valence-electron chi connectivity index (χ3n) is 6.06. The minimum Gasteiger partial charge on any atom is -0.489 e. The van der Waals surface area contributed by atoms with Crippen LogP contribution in [0.15, 0.2) is 53.7 Å². The van der Waals surface area contributed by atoms with Crippen LogP contribution in [0.2, 0.25) is 0 Å². The summed E-state index contributed by atoms with van der Waals surface area (Å²) in [5, 5.41) is 0.135. The Kier molecular flexibility index (Phi) is 6.39. The molecule has 0 bridgehead atoms. The number of nitrogens with one attached hydrogen (secondary N) is 1. The maximum Gasteiger partial charge on any atom is 0.416 e. The molecule has 0 aliphatic carbocycles. The number of rotatable bonds is 5. The summed E-state index contributed by atoms with van der Waals surface area (Å²) in [6, 6.07) is 8.20. The van der Waals surface area contributed by atoms with Gasteiger partial charge in [0.2, 0.25) is 5.13 Å². The number of likely N-dealkylation sites (N-methyl/N-ethyl adjacent to an activating group) is 1. The molecule has 36 heavy (non-hydrogen) atoms. The number of sulfonamides is 1. The normalized spacial score (nSPS) is 16.8. The third-order valence-corrected chi connectivity index (χ3v) is 8.11. The predicted molar refractivity (Wildman–Crippen MR) is 131 cm³/mol. The highest BCUT2D eigenvalue weighted by atomic mass is 32.2. The highest BCUT2D eigenvalue weighted by Gasteiger charge is 2.33. The molecule has 8 nitrogen and oxygen atoms in total. The highest BCUT2D eigenvalue weighted by molar-refractivity contribution is 7.93. The molecule has 0 atom stereocenters. The molecular formula is C23H22F3N5O3S2. The summed E-state index contributed by atoms with van der Waals surface area (Å²) in [6.45, 7) is 2.02. The first kappa shape index (κ1) is 24.5. The molecule has 190 valence electrons. The van der Waals surface area contributed by atoms with E-state index in [2.05, 4.69) is 19.0 Å². The van der Waals surface area contributed by atoms with Gasteiger partial charge in [0.1, 0.15) is 18.7 Å². The summed E-state index contributed by atoms with van der Waals surface area (Å²) in [7, 11) is -1.97. The maximum absolute atomic E-state index is 13.6. The van der Waals surface area contributed by atoms with E-state index in [-0.39, 0.29) is 16.6 Å². The lowest BCUT2D eigenvalue weighted by Gasteiger charge is -2.34. The van der Waals surface area contributed by atoms with Gasteiger partial charge in [0.25, 0.3) is 10.0 Å². The van der Waals surface area contributed by atoms with Crippen molar-refractivity contribution in [1.82, 2.24) is 14.3 Å². The van der Waals surface area contributed by atoms with Crippen LogP contribution in [-0.4, -0.2) is 56.0 Å². The Balaban J connectivity index is 1.54. The molecule has 0 saturated carbocycles. The van der Waals surface area contributed by atoms with E-state index in [1.807, 2.05) is 18.0 Å². The van der Waals surface area contributed by atoms with E-state index in [1.165, 1.54) is 30.6 Å². The van der Waals surface area contributed by atoms with Crippen LogP contribution in [0.3, 0.4) is 0 Å². The lowest BCUT2D eigenvalue weighted by atomic mass is 9.95. The summed E-state index contributed by atoms with van der Waals surface area (Å²) < 4.78 is 78.2. The van der Waals surface area contributed by atoms with Gasteiger partial charge in [0.05, 0.1) is 22.7 Å². The molecule has 2 aliphatic heterocycles. The quantitative estimate of drug-likeness (QED) is 0.509. The molecule has 5 rings (SSSR count). The molecule has 2 aromatic carbocycles. The molecule has 0 spiro atoms. The fraction of sp³-hybridized carbons (Fsp3) is 0.304. The minimum atomic E-state index is -4.47. The molecule has 1 N–H and O–H groups in total. The number of alkyl halides is 3. The van der Waals surface area contributed by atoms with Gasteiger partial charge in [-0.1, -0.05) is 6.08 Å². The molecule has 0 fully saturated rings. The Hall–Kier alpha value is -3.16. The van der Waals surface area contributed by atoms with Gasteiger partial charge in [-0.05, 0) is 49.4 Å². The van der Waals surface area contributed by atoms with Crippen LogP contribution in [-0.2, 0) is 16.2 Å². The van der Waals surface area contributed by atoms with Crippen LogP contribution >= 0.6 is 11.5 Å². The number of halogens is 3. The molecule has 3 heterocycles. The van der Waals surface area contributed by atoms with Crippen molar-refractivity contribution in [1.29, 1.82) is 0 Å². The van der Waals surface area contributed by atoms with Crippen molar-refractivity contribution in [2.45, 2.75) is 17.5 Å². The fourth-order valence-electron chi connectivity index (χ4n) is 4.23. The smallest absolute Gasteiger partial charge is 0.416 e. The lowest BCUT2D eigenvalue weighted by Crippen LogP contribution is -2.30. The van der Waals surface area contributed by atoms with Crippen molar-refractivity contribution in [3.63, 3.8) is 0 Å². The SMILES string of the molecule is CN1CC=C(c2cc(C(F)(F)F)ccc2N2CCOc3cc(S(=O)(=O)Nc4ncns4)ccc32)CC1. The number of benzene rings is 2. The van der Waals surface area contributed by atoms with Crippen LogP contribution in [0, 0.1) is 0 Å². The largest absolute Gasteiger partial charge is 0.489 e. The number of hydrogen-bond acceptors (Lipinski definition) is 8.